The van der Waals surface area contributed by atoms with E-state index in [1.54, 1.807) is 13.8 Å². The minimum Gasteiger partial charge on any atom is -0.206 e. The molecule has 0 saturated carbocycles. The number of hydrogen-bond acceptors (Lipinski definition) is 1. The van der Waals surface area contributed by atoms with Gasteiger partial charge in [-0.15, -0.1) is 0 Å². The molecule has 0 atom stereocenters. The molecular weight excluding hydrogens is 177 g/mol. The predicted molar refractivity (Wildman–Crippen MR) is 54.5 cm³/mol. The summed E-state index contributed by atoms with van der Waals surface area (Å²) in [5.41, 5.74) is 3.43. The van der Waals surface area contributed by atoms with Crippen LogP contribution in [0.1, 0.15) is 28.7 Å². The first-order valence-electron chi connectivity index (χ1n) is 4.70. The molecule has 2 heteroatoms. The van der Waals surface area contributed by atoms with E-state index < -0.39 is 0 Å². The van der Waals surface area contributed by atoms with Gasteiger partial charge in [0.05, 0.1) is 6.07 Å². The molecule has 1 rings (SSSR count). The van der Waals surface area contributed by atoms with Crippen LogP contribution in [0.25, 0.3) is 0 Å². The number of rotatable bonds is 2. The number of nitriles is 1. The summed E-state index contributed by atoms with van der Waals surface area (Å²) in [6.07, 6.45) is 1.09. The number of benzene rings is 1. The Labute approximate surface area is 84.2 Å². The minimum atomic E-state index is -0.136. The van der Waals surface area contributed by atoms with Crippen LogP contribution < -0.4 is 0 Å². The molecule has 0 spiro atoms. The average molecular weight is 191 g/mol. The molecule has 0 aliphatic carbocycles. The molecule has 0 saturated heterocycles. The van der Waals surface area contributed by atoms with Gasteiger partial charge in [0.2, 0.25) is 0 Å². The van der Waals surface area contributed by atoms with Crippen LogP contribution in [0.5, 0.6) is 0 Å². The maximum atomic E-state index is 13.5. The van der Waals surface area contributed by atoms with Gasteiger partial charge in [0, 0.05) is 6.42 Å². The summed E-state index contributed by atoms with van der Waals surface area (Å²) < 4.78 is 13.5. The van der Waals surface area contributed by atoms with Crippen molar-refractivity contribution in [2.75, 3.05) is 0 Å². The molecule has 0 fully saturated rings. The molecule has 0 N–H and O–H groups in total. The van der Waals surface area contributed by atoms with E-state index in [1.807, 2.05) is 13.0 Å². The molecule has 14 heavy (non-hydrogen) atoms. The summed E-state index contributed by atoms with van der Waals surface area (Å²) in [7, 11) is 0. The van der Waals surface area contributed by atoms with Crippen molar-refractivity contribution in [2.24, 2.45) is 0 Å². The third-order valence-corrected chi connectivity index (χ3v) is 2.52. The van der Waals surface area contributed by atoms with Gasteiger partial charge in [-0.2, -0.15) is 5.26 Å². The smallest absolute Gasteiger partial charge is 0.129 e. The molecule has 0 heterocycles. The highest BCUT2D eigenvalue weighted by Crippen LogP contribution is 2.21. The molecule has 0 aliphatic rings. The summed E-state index contributed by atoms with van der Waals surface area (Å²) in [4.78, 5) is 0. The lowest BCUT2D eigenvalue weighted by atomic mass is 9.96. The van der Waals surface area contributed by atoms with Crippen LogP contribution in [0, 0.1) is 37.9 Å². The van der Waals surface area contributed by atoms with Crippen molar-refractivity contribution >= 4 is 0 Å². The molecule has 1 aromatic carbocycles. The molecular formula is C12H14FN. The standard InChI is InChI=1S/C12H14FN/c1-8-7-9(2)12(13)10(3)11(8)5-4-6-14/h7H,4-5H2,1-3H3. The fraction of sp³-hybridized carbons (Fsp3) is 0.417. The Morgan fingerprint density at radius 3 is 2.50 bits per heavy atom. The Hall–Kier alpha value is -1.36. The first kappa shape index (κ1) is 10.7. The first-order chi connectivity index (χ1) is 6.57. The zero-order valence-electron chi connectivity index (χ0n) is 8.82. The molecule has 74 valence electrons. The zero-order chi connectivity index (χ0) is 10.7. The molecule has 0 aliphatic heterocycles. The van der Waals surface area contributed by atoms with Crippen molar-refractivity contribution in [3.05, 3.63) is 34.1 Å². The zero-order valence-corrected chi connectivity index (χ0v) is 8.82. The Morgan fingerprint density at radius 2 is 1.93 bits per heavy atom. The number of halogens is 1. The van der Waals surface area contributed by atoms with E-state index >= 15 is 0 Å². The molecule has 0 bridgehead atoms. The summed E-state index contributed by atoms with van der Waals surface area (Å²) in [6.45, 7) is 5.51. The quantitative estimate of drug-likeness (QED) is 0.704. The van der Waals surface area contributed by atoms with E-state index in [2.05, 4.69) is 6.07 Å². The largest absolute Gasteiger partial charge is 0.206 e. The Morgan fingerprint density at radius 1 is 1.29 bits per heavy atom. The van der Waals surface area contributed by atoms with Gasteiger partial charge in [0.15, 0.2) is 0 Å². The van der Waals surface area contributed by atoms with Crippen molar-refractivity contribution in [3.63, 3.8) is 0 Å². The summed E-state index contributed by atoms with van der Waals surface area (Å²) in [5.74, 6) is -0.136. The van der Waals surface area contributed by atoms with E-state index in [9.17, 15) is 4.39 Å². The second kappa shape index (κ2) is 4.23. The van der Waals surface area contributed by atoms with Crippen LogP contribution in [-0.4, -0.2) is 0 Å². The van der Waals surface area contributed by atoms with Crippen LogP contribution in [0.2, 0.25) is 0 Å². The lowest BCUT2D eigenvalue weighted by molar-refractivity contribution is 0.605. The maximum absolute atomic E-state index is 13.5. The predicted octanol–water partition coefficient (Wildman–Crippen LogP) is 3.21. The second-order valence-corrected chi connectivity index (χ2v) is 3.59. The van der Waals surface area contributed by atoms with Crippen LogP contribution in [0.3, 0.4) is 0 Å². The molecule has 1 aromatic rings. The van der Waals surface area contributed by atoms with E-state index in [-0.39, 0.29) is 5.82 Å². The SMILES string of the molecule is Cc1cc(C)c(CCC#N)c(C)c1F. The minimum absolute atomic E-state index is 0.136. The van der Waals surface area contributed by atoms with Gasteiger partial charge in [-0.1, -0.05) is 6.07 Å². The van der Waals surface area contributed by atoms with Gasteiger partial charge >= 0.3 is 0 Å². The summed E-state index contributed by atoms with van der Waals surface area (Å²) >= 11 is 0. The third-order valence-electron chi connectivity index (χ3n) is 2.52. The normalized spacial score (nSPS) is 9.93. The monoisotopic (exact) mass is 191 g/mol. The van der Waals surface area contributed by atoms with Gasteiger partial charge in [0.1, 0.15) is 5.82 Å². The maximum Gasteiger partial charge on any atom is 0.129 e. The van der Waals surface area contributed by atoms with Gasteiger partial charge in [-0.25, -0.2) is 4.39 Å². The van der Waals surface area contributed by atoms with Gasteiger partial charge < -0.3 is 0 Å². The molecule has 0 amide bonds. The Kier molecular flexibility index (Phi) is 3.24. The summed E-state index contributed by atoms with van der Waals surface area (Å²) in [5, 5.41) is 8.49. The Balaban J connectivity index is 3.17. The van der Waals surface area contributed by atoms with Gasteiger partial charge in [-0.3, -0.25) is 0 Å². The van der Waals surface area contributed by atoms with Gasteiger partial charge in [-0.05, 0) is 49.4 Å². The Bertz CT molecular complexity index is 388. The average Bonchev–Trinajstić information content (AvgIpc) is 2.14. The van der Waals surface area contributed by atoms with Crippen LogP contribution in [0.4, 0.5) is 4.39 Å². The second-order valence-electron chi connectivity index (χ2n) is 3.59. The number of aryl methyl sites for hydroxylation is 2. The topological polar surface area (TPSA) is 23.8 Å². The first-order valence-corrected chi connectivity index (χ1v) is 4.70. The molecule has 0 unspecified atom stereocenters. The van der Waals surface area contributed by atoms with E-state index in [1.165, 1.54) is 0 Å². The highest BCUT2D eigenvalue weighted by molar-refractivity contribution is 5.39. The van der Waals surface area contributed by atoms with Crippen LogP contribution in [-0.2, 0) is 6.42 Å². The van der Waals surface area contributed by atoms with Crippen molar-refractivity contribution in [3.8, 4) is 6.07 Å². The molecule has 0 aromatic heterocycles. The van der Waals surface area contributed by atoms with Gasteiger partial charge in [0.25, 0.3) is 0 Å². The highest BCUT2D eigenvalue weighted by Gasteiger charge is 2.09. The van der Waals surface area contributed by atoms with Crippen molar-refractivity contribution in [1.29, 1.82) is 5.26 Å². The van der Waals surface area contributed by atoms with Crippen molar-refractivity contribution in [1.82, 2.24) is 0 Å². The van der Waals surface area contributed by atoms with Crippen molar-refractivity contribution in [2.45, 2.75) is 33.6 Å². The van der Waals surface area contributed by atoms with Crippen LogP contribution >= 0.6 is 0 Å². The van der Waals surface area contributed by atoms with E-state index in [0.29, 0.717) is 24.0 Å². The number of hydrogen-bond donors (Lipinski definition) is 0. The molecule has 1 nitrogen and oxygen atoms in total. The molecule has 0 radical (unpaired) electrons. The lowest BCUT2D eigenvalue weighted by Gasteiger charge is -2.11. The van der Waals surface area contributed by atoms with Crippen molar-refractivity contribution < 1.29 is 4.39 Å². The van der Waals surface area contributed by atoms with E-state index in [4.69, 9.17) is 5.26 Å². The summed E-state index contributed by atoms with van der Waals surface area (Å²) in [6, 6.07) is 3.92. The fourth-order valence-corrected chi connectivity index (χ4v) is 1.76. The van der Waals surface area contributed by atoms with Crippen LogP contribution in [0.15, 0.2) is 6.07 Å². The highest BCUT2D eigenvalue weighted by atomic mass is 19.1. The number of nitrogens with zero attached hydrogens (tertiary/aromatic N) is 1. The fourth-order valence-electron chi connectivity index (χ4n) is 1.76. The van der Waals surface area contributed by atoms with E-state index in [0.717, 1.165) is 11.1 Å². The third kappa shape index (κ3) is 1.93. The lowest BCUT2D eigenvalue weighted by Crippen LogP contribution is -1.99.